The lowest BCUT2D eigenvalue weighted by atomic mass is 10.2. The Hall–Kier alpha value is -1.23. The summed E-state index contributed by atoms with van der Waals surface area (Å²) in [6.45, 7) is 0. The highest BCUT2D eigenvalue weighted by atomic mass is 32.2. The van der Waals surface area contributed by atoms with Gasteiger partial charge in [-0.2, -0.15) is 0 Å². The van der Waals surface area contributed by atoms with E-state index in [4.69, 9.17) is 5.11 Å². The molecular weight excluding hydrogens is 229 g/mol. The van der Waals surface area contributed by atoms with E-state index in [2.05, 4.69) is 5.32 Å². The van der Waals surface area contributed by atoms with Crippen molar-refractivity contribution in [2.75, 3.05) is 11.1 Å². The Morgan fingerprint density at radius 3 is 3.00 bits per heavy atom. The van der Waals surface area contributed by atoms with Crippen molar-refractivity contribution in [1.29, 1.82) is 0 Å². The van der Waals surface area contributed by atoms with E-state index in [1.165, 1.54) is 12.1 Å². The van der Waals surface area contributed by atoms with E-state index in [-0.39, 0.29) is 22.6 Å². The maximum Gasteiger partial charge on any atom is 0.237 e. The molecular formula is C11H12FNO2S. The van der Waals surface area contributed by atoms with E-state index >= 15 is 0 Å². The van der Waals surface area contributed by atoms with Crippen LogP contribution in [0.1, 0.15) is 12.8 Å². The second-order valence-corrected chi connectivity index (χ2v) is 4.97. The molecule has 1 atom stereocenters. The first kappa shape index (κ1) is 11.3. The molecule has 0 spiro atoms. The van der Waals surface area contributed by atoms with Gasteiger partial charge in [0.05, 0.1) is 10.9 Å². The predicted octanol–water partition coefficient (Wildman–Crippen LogP) is 2.37. The molecule has 2 N–H and O–H groups in total. The average Bonchev–Trinajstić information content (AvgIpc) is 2.75. The van der Waals surface area contributed by atoms with Crippen molar-refractivity contribution in [3.63, 3.8) is 0 Å². The molecule has 1 aliphatic heterocycles. The molecule has 86 valence electrons. The Morgan fingerprint density at radius 1 is 1.56 bits per heavy atom. The Bertz CT molecular complexity index is 405. The van der Waals surface area contributed by atoms with Crippen LogP contribution < -0.4 is 5.32 Å². The first-order valence-electron chi connectivity index (χ1n) is 5.08. The molecule has 1 fully saturated rings. The van der Waals surface area contributed by atoms with Gasteiger partial charge >= 0.3 is 0 Å². The molecule has 1 heterocycles. The van der Waals surface area contributed by atoms with Gasteiger partial charge in [0.1, 0.15) is 11.6 Å². The number of anilines is 1. The molecule has 0 aromatic heterocycles. The first-order chi connectivity index (χ1) is 7.66. The SMILES string of the molecule is O=C(Nc1ccc(O)cc1F)C1CCCS1. The van der Waals surface area contributed by atoms with E-state index in [0.29, 0.717) is 0 Å². The van der Waals surface area contributed by atoms with Crippen LogP contribution in [0.2, 0.25) is 0 Å². The van der Waals surface area contributed by atoms with Crippen molar-refractivity contribution in [2.24, 2.45) is 0 Å². The molecule has 1 aliphatic rings. The zero-order valence-electron chi connectivity index (χ0n) is 8.57. The minimum atomic E-state index is -0.614. The molecule has 0 aliphatic carbocycles. The monoisotopic (exact) mass is 241 g/mol. The summed E-state index contributed by atoms with van der Waals surface area (Å²) in [5.41, 5.74) is 0.121. The highest BCUT2D eigenvalue weighted by molar-refractivity contribution is 8.00. The lowest BCUT2D eigenvalue weighted by Crippen LogP contribution is -2.23. The predicted molar refractivity (Wildman–Crippen MR) is 62.2 cm³/mol. The number of thioether (sulfide) groups is 1. The molecule has 0 bridgehead atoms. The standard InChI is InChI=1S/C11H12FNO2S/c12-8-6-7(14)3-4-9(8)13-11(15)10-2-1-5-16-10/h3-4,6,10,14H,1-2,5H2,(H,13,15). The summed E-state index contributed by atoms with van der Waals surface area (Å²) >= 11 is 1.59. The van der Waals surface area contributed by atoms with E-state index in [1.54, 1.807) is 11.8 Å². The number of rotatable bonds is 2. The molecule has 1 unspecified atom stereocenters. The largest absolute Gasteiger partial charge is 0.508 e. The van der Waals surface area contributed by atoms with Gasteiger partial charge in [0.25, 0.3) is 0 Å². The van der Waals surface area contributed by atoms with Gasteiger partial charge in [-0.25, -0.2) is 4.39 Å². The van der Waals surface area contributed by atoms with E-state index < -0.39 is 5.82 Å². The normalized spacial score (nSPS) is 19.7. The fourth-order valence-electron chi connectivity index (χ4n) is 1.60. The van der Waals surface area contributed by atoms with Crippen LogP contribution in [0.5, 0.6) is 5.75 Å². The number of halogens is 1. The molecule has 5 heteroatoms. The Kier molecular flexibility index (Phi) is 3.33. The van der Waals surface area contributed by atoms with Crippen LogP contribution in [0, 0.1) is 5.82 Å². The molecule has 0 saturated carbocycles. The van der Waals surface area contributed by atoms with E-state index in [1.807, 2.05) is 0 Å². The second kappa shape index (κ2) is 4.74. The summed E-state index contributed by atoms with van der Waals surface area (Å²) in [7, 11) is 0. The van der Waals surface area contributed by atoms with Gasteiger partial charge in [-0.15, -0.1) is 11.8 Å². The van der Waals surface area contributed by atoms with Gasteiger partial charge in [-0.05, 0) is 30.7 Å². The highest BCUT2D eigenvalue weighted by Gasteiger charge is 2.23. The molecule has 2 rings (SSSR count). The summed E-state index contributed by atoms with van der Waals surface area (Å²) in [6, 6.07) is 3.69. The number of benzene rings is 1. The number of nitrogens with one attached hydrogen (secondary N) is 1. The lowest BCUT2D eigenvalue weighted by molar-refractivity contribution is -0.115. The number of aromatic hydroxyl groups is 1. The molecule has 1 aromatic carbocycles. The van der Waals surface area contributed by atoms with Gasteiger partial charge in [0.2, 0.25) is 5.91 Å². The van der Waals surface area contributed by atoms with Crippen molar-refractivity contribution in [2.45, 2.75) is 18.1 Å². The average molecular weight is 241 g/mol. The maximum absolute atomic E-state index is 13.3. The van der Waals surface area contributed by atoms with Crippen LogP contribution in [0.3, 0.4) is 0 Å². The smallest absolute Gasteiger partial charge is 0.237 e. The van der Waals surface area contributed by atoms with Crippen molar-refractivity contribution in [3.8, 4) is 5.75 Å². The second-order valence-electron chi connectivity index (χ2n) is 3.66. The zero-order valence-corrected chi connectivity index (χ0v) is 9.39. The molecule has 1 amide bonds. The number of phenols is 1. The number of hydrogen-bond donors (Lipinski definition) is 2. The molecule has 0 radical (unpaired) electrons. The highest BCUT2D eigenvalue weighted by Crippen LogP contribution is 2.28. The van der Waals surface area contributed by atoms with Crippen LogP contribution in [-0.2, 0) is 4.79 Å². The minimum absolute atomic E-state index is 0.0757. The zero-order chi connectivity index (χ0) is 11.5. The van der Waals surface area contributed by atoms with E-state index in [0.717, 1.165) is 24.7 Å². The molecule has 3 nitrogen and oxygen atoms in total. The fourth-order valence-corrected chi connectivity index (χ4v) is 2.76. The fraction of sp³-hybridized carbons (Fsp3) is 0.364. The number of carbonyl (C=O) groups is 1. The van der Waals surface area contributed by atoms with Crippen LogP contribution in [0.25, 0.3) is 0 Å². The Balaban J connectivity index is 2.05. The van der Waals surface area contributed by atoms with Crippen molar-refractivity contribution >= 4 is 23.4 Å². The summed E-state index contributed by atoms with van der Waals surface area (Å²) < 4.78 is 13.3. The molecule has 1 aromatic rings. The van der Waals surface area contributed by atoms with Gasteiger partial charge in [0.15, 0.2) is 0 Å². The van der Waals surface area contributed by atoms with Crippen LogP contribution in [0.4, 0.5) is 10.1 Å². The number of hydrogen-bond acceptors (Lipinski definition) is 3. The van der Waals surface area contributed by atoms with Crippen molar-refractivity contribution in [1.82, 2.24) is 0 Å². The Morgan fingerprint density at radius 2 is 2.38 bits per heavy atom. The summed E-state index contributed by atoms with van der Waals surface area (Å²) in [4.78, 5) is 11.7. The van der Waals surface area contributed by atoms with Crippen molar-refractivity contribution in [3.05, 3.63) is 24.0 Å². The third-order valence-electron chi connectivity index (χ3n) is 2.43. The first-order valence-corrected chi connectivity index (χ1v) is 6.12. The molecule has 1 saturated heterocycles. The topological polar surface area (TPSA) is 49.3 Å². The molecule has 16 heavy (non-hydrogen) atoms. The maximum atomic E-state index is 13.3. The Labute approximate surface area is 97.0 Å². The van der Waals surface area contributed by atoms with Crippen molar-refractivity contribution < 1.29 is 14.3 Å². The van der Waals surface area contributed by atoms with Crippen LogP contribution >= 0.6 is 11.8 Å². The number of amides is 1. The third kappa shape index (κ3) is 2.47. The summed E-state index contributed by atoms with van der Waals surface area (Å²) in [5, 5.41) is 11.5. The van der Waals surface area contributed by atoms with Crippen LogP contribution in [0.15, 0.2) is 18.2 Å². The van der Waals surface area contributed by atoms with Gasteiger partial charge in [-0.3, -0.25) is 4.79 Å². The summed E-state index contributed by atoms with van der Waals surface area (Å²) in [5.74, 6) is 0.0602. The third-order valence-corrected chi connectivity index (χ3v) is 3.81. The van der Waals surface area contributed by atoms with Gasteiger partial charge in [-0.1, -0.05) is 0 Å². The van der Waals surface area contributed by atoms with Gasteiger partial charge < -0.3 is 10.4 Å². The summed E-state index contributed by atoms with van der Waals surface area (Å²) in [6.07, 6.45) is 1.87. The van der Waals surface area contributed by atoms with Gasteiger partial charge in [0, 0.05) is 6.07 Å². The lowest BCUT2D eigenvalue weighted by Gasteiger charge is -2.10. The number of carbonyl (C=O) groups excluding carboxylic acids is 1. The quantitative estimate of drug-likeness (QED) is 0.781. The minimum Gasteiger partial charge on any atom is -0.508 e. The van der Waals surface area contributed by atoms with E-state index in [9.17, 15) is 9.18 Å². The number of phenolic OH excluding ortho intramolecular Hbond substituents is 1. The van der Waals surface area contributed by atoms with Crippen LogP contribution in [-0.4, -0.2) is 22.0 Å².